The minimum Gasteiger partial charge on any atom is -0.353 e. The summed E-state index contributed by atoms with van der Waals surface area (Å²) in [5, 5.41) is 3.49. The van der Waals surface area contributed by atoms with Gasteiger partial charge in [0.2, 0.25) is 0 Å². The van der Waals surface area contributed by atoms with Crippen molar-refractivity contribution in [1.82, 2.24) is 15.2 Å². The fourth-order valence-electron chi connectivity index (χ4n) is 2.71. The summed E-state index contributed by atoms with van der Waals surface area (Å²) in [6.07, 6.45) is 3.06. The van der Waals surface area contributed by atoms with Gasteiger partial charge >= 0.3 is 0 Å². The van der Waals surface area contributed by atoms with E-state index in [0.717, 1.165) is 49.4 Å². The quantitative estimate of drug-likeness (QED) is 0.823. The van der Waals surface area contributed by atoms with Crippen LogP contribution in [0.15, 0.2) is 16.7 Å². The molecule has 1 aromatic rings. The van der Waals surface area contributed by atoms with Gasteiger partial charge in [0, 0.05) is 48.0 Å². The first-order chi connectivity index (χ1) is 9.94. The standard InChI is InChI=1S/C16H27BrN4/c1-5-6-18-10-13-9-14(17)11-19-15(13)21-8-7-20(4)16(2,3)12-21/h9,11,18H,5-8,10,12H2,1-4H3. The first-order valence-electron chi connectivity index (χ1n) is 7.75. The highest BCUT2D eigenvalue weighted by molar-refractivity contribution is 9.10. The molecule has 0 unspecified atom stereocenters. The van der Waals surface area contributed by atoms with Crippen molar-refractivity contribution in [2.45, 2.75) is 39.3 Å². The molecule has 0 amide bonds. The van der Waals surface area contributed by atoms with Gasteiger partial charge in [0.05, 0.1) is 0 Å². The number of hydrogen-bond donors (Lipinski definition) is 1. The number of pyridine rings is 1. The third kappa shape index (κ3) is 4.18. The molecule has 21 heavy (non-hydrogen) atoms. The summed E-state index contributed by atoms with van der Waals surface area (Å²) < 4.78 is 1.05. The summed E-state index contributed by atoms with van der Waals surface area (Å²) in [4.78, 5) is 9.55. The van der Waals surface area contributed by atoms with Crippen LogP contribution in [0.25, 0.3) is 0 Å². The van der Waals surface area contributed by atoms with Gasteiger partial charge in [0.15, 0.2) is 0 Å². The van der Waals surface area contributed by atoms with Gasteiger partial charge in [-0.25, -0.2) is 4.98 Å². The molecule has 0 radical (unpaired) electrons. The largest absolute Gasteiger partial charge is 0.353 e. The van der Waals surface area contributed by atoms with Crippen LogP contribution in [0.5, 0.6) is 0 Å². The van der Waals surface area contributed by atoms with Crippen LogP contribution in [-0.2, 0) is 6.54 Å². The topological polar surface area (TPSA) is 31.4 Å². The van der Waals surface area contributed by atoms with Gasteiger partial charge in [-0.1, -0.05) is 6.92 Å². The monoisotopic (exact) mass is 354 g/mol. The van der Waals surface area contributed by atoms with E-state index in [0.29, 0.717) is 0 Å². The Bertz CT molecular complexity index is 475. The van der Waals surface area contributed by atoms with E-state index < -0.39 is 0 Å². The fourth-order valence-corrected chi connectivity index (χ4v) is 3.09. The van der Waals surface area contributed by atoms with Gasteiger partial charge in [0.25, 0.3) is 0 Å². The molecule has 0 aliphatic carbocycles. The molecule has 1 aliphatic rings. The Morgan fingerprint density at radius 2 is 2.14 bits per heavy atom. The average Bonchev–Trinajstić information content (AvgIpc) is 2.42. The minimum atomic E-state index is 0.182. The van der Waals surface area contributed by atoms with Crippen LogP contribution in [0.4, 0.5) is 5.82 Å². The molecule has 1 fully saturated rings. The number of piperazine rings is 1. The van der Waals surface area contributed by atoms with E-state index in [9.17, 15) is 0 Å². The molecule has 5 heteroatoms. The molecule has 4 nitrogen and oxygen atoms in total. The molecular weight excluding hydrogens is 328 g/mol. The molecule has 0 saturated carbocycles. The van der Waals surface area contributed by atoms with Crippen molar-refractivity contribution in [2.24, 2.45) is 0 Å². The number of halogens is 1. The zero-order chi connectivity index (χ0) is 15.5. The summed E-state index contributed by atoms with van der Waals surface area (Å²) in [5.74, 6) is 1.13. The molecule has 0 spiro atoms. The molecule has 2 rings (SSSR count). The van der Waals surface area contributed by atoms with Gasteiger partial charge in [-0.05, 0) is 55.9 Å². The molecule has 1 aromatic heterocycles. The van der Waals surface area contributed by atoms with Crippen molar-refractivity contribution in [3.63, 3.8) is 0 Å². The Morgan fingerprint density at radius 3 is 2.81 bits per heavy atom. The lowest BCUT2D eigenvalue weighted by atomic mass is 9.99. The predicted molar refractivity (Wildman–Crippen MR) is 92.9 cm³/mol. The van der Waals surface area contributed by atoms with E-state index >= 15 is 0 Å². The van der Waals surface area contributed by atoms with Gasteiger partial charge in [0.1, 0.15) is 5.82 Å². The van der Waals surface area contributed by atoms with Crippen LogP contribution < -0.4 is 10.2 Å². The van der Waals surface area contributed by atoms with E-state index in [1.165, 1.54) is 5.56 Å². The van der Waals surface area contributed by atoms with Crippen LogP contribution in [0.2, 0.25) is 0 Å². The maximum Gasteiger partial charge on any atom is 0.133 e. The lowest BCUT2D eigenvalue weighted by molar-refractivity contribution is 0.138. The zero-order valence-electron chi connectivity index (χ0n) is 13.6. The van der Waals surface area contributed by atoms with Crippen LogP contribution in [-0.4, -0.2) is 48.6 Å². The highest BCUT2D eigenvalue weighted by atomic mass is 79.9. The molecule has 0 atom stereocenters. The van der Waals surface area contributed by atoms with Crippen LogP contribution in [0, 0.1) is 0 Å². The Kier molecular flexibility index (Phi) is 5.63. The molecule has 1 aliphatic heterocycles. The van der Waals surface area contributed by atoms with Crippen LogP contribution in [0.3, 0.4) is 0 Å². The van der Waals surface area contributed by atoms with Crippen molar-refractivity contribution in [2.75, 3.05) is 38.1 Å². The number of nitrogens with zero attached hydrogens (tertiary/aromatic N) is 3. The smallest absolute Gasteiger partial charge is 0.133 e. The summed E-state index contributed by atoms with van der Waals surface area (Å²) >= 11 is 3.54. The number of anilines is 1. The number of likely N-dealkylation sites (N-methyl/N-ethyl adjacent to an activating group) is 1. The number of hydrogen-bond acceptors (Lipinski definition) is 4. The summed E-state index contributed by atoms with van der Waals surface area (Å²) in [6, 6.07) is 2.19. The summed E-state index contributed by atoms with van der Waals surface area (Å²) in [5.41, 5.74) is 1.46. The number of aromatic nitrogens is 1. The van der Waals surface area contributed by atoms with Gasteiger partial charge < -0.3 is 10.2 Å². The average molecular weight is 355 g/mol. The lowest BCUT2D eigenvalue weighted by Crippen LogP contribution is -2.58. The molecular formula is C16H27BrN4. The highest BCUT2D eigenvalue weighted by Gasteiger charge is 2.32. The van der Waals surface area contributed by atoms with Crippen molar-refractivity contribution in [1.29, 1.82) is 0 Å². The van der Waals surface area contributed by atoms with E-state index in [1.807, 2.05) is 6.20 Å². The maximum absolute atomic E-state index is 4.69. The molecule has 2 heterocycles. The summed E-state index contributed by atoms with van der Waals surface area (Å²) in [6.45, 7) is 11.8. The van der Waals surface area contributed by atoms with E-state index in [-0.39, 0.29) is 5.54 Å². The second-order valence-corrected chi connectivity index (χ2v) is 7.38. The molecule has 118 valence electrons. The second-order valence-electron chi connectivity index (χ2n) is 6.47. The third-order valence-electron chi connectivity index (χ3n) is 4.27. The zero-order valence-corrected chi connectivity index (χ0v) is 15.2. The minimum absolute atomic E-state index is 0.182. The Morgan fingerprint density at radius 1 is 1.38 bits per heavy atom. The molecule has 0 aromatic carbocycles. The van der Waals surface area contributed by atoms with Crippen molar-refractivity contribution < 1.29 is 0 Å². The predicted octanol–water partition coefficient (Wildman–Crippen LogP) is 2.87. The van der Waals surface area contributed by atoms with Crippen molar-refractivity contribution in [3.05, 3.63) is 22.3 Å². The normalized spacial score (nSPS) is 19.0. The molecule has 1 saturated heterocycles. The first kappa shape index (κ1) is 16.7. The van der Waals surface area contributed by atoms with E-state index in [2.05, 4.69) is 64.9 Å². The van der Waals surface area contributed by atoms with Crippen molar-refractivity contribution in [3.8, 4) is 0 Å². The fraction of sp³-hybridized carbons (Fsp3) is 0.688. The van der Waals surface area contributed by atoms with Gasteiger partial charge in [-0.2, -0.15) is 0 Å². The van der Waals surface area contributed by atoms with Gasteiger partial charge in [-0.15, -0.1) is 0 Å². The van der Waals surface area contributed by atoms with Crippen molar-refractivity contribution >= 4 is 21.7 Å². The first-order valence-corrected chi connectivity index (χ1v) is 8.54. The maximum atomic E-state index is 4.69. The SMILES string of the molecule is CCCNCc1cc(Br)cnc1N1CCN(C)C(C)(C)C1. The molecule has 0 bridgehead atoms. The summed E-state index contributed by atoms with van der Waals surface area (Å²) in [7, 11) is 2.20. The highest BCUT2D eigenvalue weighted by Crippen LogP contribution is 2.27. The van der Waals surface area contributed by atoms with Crippen LogP contribution >= 0.6 is 15.9 Å². The van der Waals surface area contributed by atoms with Crippen LogP contribution in [0.1, 0.15) is 32.8 Å². The molecule has 1 N–H and O–H groups in total. The number of rotatable bonds is 5. The Hall–Kier alpha value is -0.650. The number of nitrogens with one attached hydrogen (secondary N) is 1. The third-order valence-corrected chi connectivity index (χ3v) is 4.70. The van der Waals surface area contributed by atoms with Gasteiger partial charge in [-0.3, -0.25) is 4.90 Å². The lowest BCUT2D eigenvalue weighted by Gasteiger charge is -2.46. The Balaban J connectivity index is 2.18. The van der Waals surface area contributed by atoms with E-state index in [4.69, 9.17) is 4.98 Å². The second kappa shape index (κ2) is 7.07. The Labute approximate surface area is 137 Å². The van der Waals surface area contributed by atoms with E-state index in [1.54, 1.807) is 0 Å².